The van der Waals surface area contributed by atoms with Crippen LogP contribution in [0.3, 0.4) is 0 Å². The maximum absolute atomic E-state index is 12.1. The number of alkyl halides is 2. The monoisotopic (exact) mass is 376 g/mol. The van der Waals surface area contributed by atoms with E-state index in [-0.39, 0.29) is 18.3 Å². The summed E-state index contributed by atoms with van der Waals surface area (Å²) < 4.78 is 34.1. The fourth-order valence-corrected chi connectivity index (χ4v) is 2.33. The first kappa shape index (κ1) is 20.4. The maximum atomic E-state index is 12.1. The van der Waals surface area contributed by atoms with Crippen molar-refractivity contribution in [3.8, 4) is 11.5 Å². The molecule has 0 unspecified atom stereocenters. The van der Waals surface area contributed by atoms with Gasteiger partial charge in [0.1, 0.15) is 11.5 Å². The lowest BCUT2D eigenvalue weighted by Crippen LogP contribution is -2.25. The summed E-state index contributed by atoms with van der Waals surface area (Å²) >= 11 is 0. The Kier molecular flexibility index (Phi) is 7.28. The number of carbonyl (C=O) groups excluding carboxylic acids is 1. The summed E-state index contributed by atoms with van der Waals surface area (Å²) in [4.78, 5) is 11.9. The Balaban J connectivity index is 1.86. The number of amides is 1. The molecule has 0 aliphatic carbocycles. The molecule has 0 saturated heterocycles. The van der Waals surface area contributed by atoms with E-state index in [2.05, 4.69) is 29.1 Å². The van der Waals surface area contributed by atoms with Gasteiger partial charge in [-0.1, -0.05) is 26.0 Å². The molecule has 0 saturated carbocycles. The zero-order chi connectivity index (χ0) is 19.8. The molecule has 1 amide bonds. The van der Waals surface area contributed by atoms with Crippen LogP contribution in [0.5, 0.6) is 11.5 Å². The molecule has 7 heteroatoms. The van der Waals surface area contributed by atoms with Crippen LogP contribution in [0.15, 0.2) is 47.6 Å². The number of nitrogens with one attached hydrogen (secondary N) is 1. The van der Waals surface area contributed by atoms with Gasteiger partial charge in [0.2, 0.25) is 0 Å². The first-order valence-electron chi connectivity index (χ1n) is 8.45. The molecular weight excluding hydrogens is 354 g/mol. The number of rotatable bonds is 8. The van der Waals surface area contributed by atoms with Crippen LogP contribution in [0.4, 0.5) is 8.78 Å². The van der Waals surface area contributed by atoms with Crippen LogP contribution < -0.4 is 14.9 Å². The molecule has 2 aromatic rings. The Hall–Kier alpha value is -2.96. The van der Waals surface area contributed by atoms with Gasteiger partial charge < -0.3 is 9.47 Å². The molecule has 0 heterocycles. The topological polar surface area (TPSA) is 59.9 Å². The van der Waals surface area contributed by atoms with Crippen molar-refractivity contribution in [3.63, 3.8) is 0 Å². The van der Waals surface area contributed by atoms with Crippen molar-refractivity contribution in [3.05, 3.63) is 59.2 Å². The molecule has 0 atom stereocenters. The lowest BCUT2D eigenvalue weighted by Gasteiger charge is -2.14. The van der Waals surface area contributed by atoms with E-state index in [0.29, 0.717) is 11.3 Å². The third kappa shape index (κ3) is 6.69. The van der Waals surface area contributed by atoms with E-state index >= 15 is 0 Å². The smallest absolute Gasteiger partial charge is 0.387 e. The van der Waals surface area contributed by atoms with Gasteiger partial charge in [0.15, 0.2) is 6.61 Å². The lowest BCUT2D eigenvalue weighted by molar-refractivity contribution is -0.123. The van der Waals surface area contributed by atoms with Crippen molar-refractivity contribution in [2.45, 2.75) is 33.3 Å². The van der Waals surface area contributed by atoms with E-state index < -0.39 is 12.5 Å². The first-order chi connectivity index (χ1) is 12.8. The van der Waals surface area contributed by atoms with Gasteiger partial charge in [0, 0.05) is 0 Å². The van der Waals surface area contributed by atoms with Crippen molar-refractivity contribution >= 4 is 12.1 Å². The molecule has 5 nitrogen and oxygen atoms in total. The number of ether oxygens (including phenoxy) is 2. The van der Waals surface area contributed by atoms with Gasteiger partial charge in [-0.05, 0) is 59.9 Å². The van der Waals surface area contributed by atoms with Crippen molar-refractivity contribution in [2.75, 3.05) is 6.61 Å². The fourth-order valence-electron chi connectivity index (χ4n) is 2.33. The normalized spacial score (nSPS) is 11.2. The first-order valence-corrected chi connectivity index (χ1v) is 8.45. The Bertz CT molecular complexity index is 790. The van der Waals surface area contributed by atoms with Crippen molar-refractivity contribution in [2.24, 2.45) is 5.10 Å². The summed E-state index contributed by atoms with van der Waals surface area (Å²) in [7, 11) is 0. The van der Waals surface area contributed by atoms with E-state index in [4.69, 9.17) is 4.74 Å². The summed E-state index contributed by atoms with van der Waals surface area (Å²) in [6.45, 7) is 3.04. The molecule has 0 aliphatic heterocycles. The predicted molar refractivity (Wildman–Crippen MR) is 99.6 cm³/mol. The minimum absolute atomic E-state index is 0.0543. The highest BCUT2D eigenvalue weighted by atomic mass is 19.3. The van der Waals surface area contributed by atoms with Gasteiger partial charge in [0.25, 0.3) is 5.91 Å². The number of benzene rings is 2. The standard InChI is InChI=1S/C20H22F2N2O3/c1-13(2)17-9-4-14(3)10-18(17)26-12-19(25)24-23-11-15-5-7-16(8-6-15)27-20(21)22/h4-11,13,20H,12H2,1-3H3,(H,24,25)/b23-11-. The highest BCUT2D eigenvalue weighted by Gasteiger charge is 2.10. The summed E-state index contributed by atoms with van der Waals surface area (Å²) in [6.07, 6.45) is 1.40. The second-order valence-corrected chi connectivity index (χ2v) is 6.23. The molecule has 0 fully saturated rings. The average molecular weight is 376 g/mol. The van der Waals surface area contributed by atoms with Gasteiger partial charge >= 0.3 is 6.61 Å². The van der Waals surface area contributed by atoms with Gasteiger partial charge in [-0.15, -0.1) is 0 Å². The Morgan fingerprint density at radius 3 is 2.52 bits per heavy atom. The van der Waals surface area contributed by atoms with Gasteiger partial charge in [-0.2, -0.15) is 13.9 Å². The number of hydrogen-bond acceptors (Lipinski definition) is 4. The maximum Gasteiger partial charge on any atom is 0.387 e. The Morgan fingerprint density at radius 1 is 1.19 bits per heavy atom. The van der Waals surface area contributed by atoms with Crippen LogP contribution in [0, 0.1) is 6.92 Å². The number of hydrazone groups is 1. The summed E-state index contributed by atoms with van der Waals surface area (Å²) in [5.74, 6) is 0.608. The molecular formula is C20H22F2N2O3. The van der Waals surface area contributed by atoms with Crippen molar-refractivity contribution in [1.82, 2.24) is 5.43 Å². The van der Waals surface area contributed by atoms with Crippen molar-refractivity contribution in [1.29, 1.82) is 0 Å². The molecule has 2 rings (SSSR count). The van der Waals surface area contributed by atoms with E-state index in [0.717, 1.165) is 11.1 Å². The van der Waals surface area contributed by atoms with Gasteiger partial charge in [-0.25, -0.2) is 5.43 Å². The minimum Gasteiger partial charge on any atom is -0.483 e. The molecule has 144 valence electrons. The van der Waals surface area contributed by atoms with E-state index in [9.17, 15) is 13.6 Å². The summed E-state index contributed by atoms with van der Waals surface area (Å²) in [5.41, 5.74) is 5.07. The molecule has 0 aliphatic rings. The highest BCUT2D eigenvalue weighted by Crippen LogP contribution is 2.27. The molecule has 2 aromatic carbocycles. The van der Waals surface area contributed by atoms with Crippen LogP contribution in [-0.2, 0) is 4.79 Å². The SMILES string of the molecule is Cc1ccc(C(C)C)c(OCC(=O)N/N=C\c2ccc(OC(F)F)cc2)c1. The number of aryl methyl sites for hydroxylation is 1. The molecule has 0 radical (unpaired) electrons. The summed E-state index contributed by atoms with van der Waals surface area (Å²) in [6, 6.07) is 11.8. The molecule has 0 spiro atoms. The zero-order valence-corrected chi connectivity index (χ0v) is 15.4. The quantitative estimate of drug-likeness (QED) is 0.553. The minimum atomic E-state index is -2.87. The second-order valence-electron chi connectivity index (χ2n) is 6.23. The Labute approximate surface area is 157 Å². The largest absolute Gasteiger partial charge is 0.483 e. The van der Waals surface area contributed by atoms with Crippen molar-refractivity contribution < 1.29 is 23.0 Å². The van der Waals surface area contributed by atoms with E-state index in [1.807, 2.05) is 25.1 Å². The highest BCUT2D eigenvalue weighted by molar-refractivity contribution is 5.83. The predicted octanol–water partition coefficient (Wildman–Crippen LogP) is 4.25. The third-order valence-electron chi connectivity index (χ3n) is 3.66. The molecule has 1 N–H and O–H groups in total. The number of carbonyl (C=O) groups is 1. The fraction of sp³-hybridized carbons (Fsp3) is 0.300. The number of hydrogen-bond donors (Lipinski definition) is 1. The average Bonchev–Trinajstić information content (AvgIpc) is 2.61. The zero-order valence-electron chi connectivity index (χ0n) is 15.4. The number of halogens is 2. The third-order valence-corrected chi connectivity index (χ3v) is 3.66. The Morgan fingerprint density at radius 2 is 1.89 bits per heavy atom. The number of nitrogens with zero attached hydrogens (tertiary/aromatic N) is 1. The molecule has 0 bridgehead atoms. The van der Waals surface area contributed by atoms with Crippen LogP contribution in [0.25, 0.3) is 0 Å². The van der Waals surface area contributed by atoms with Crippen LogP contribution in [-0.4, -0.2) is 25.3 Å². The van der Waals surface area contributed by atoms with E-state index in [1.165, 1.54) is 18.3 Å². The second kappa shape index (κ2) is 9.66. The lowest BCUT2D eigenvalue weighted by atomic mass is 10.0. The molecule has 0 aromatic heterocycles. The van der Waals surface area contributed by atoms with Gasteiger partial charge in [-0.3, -0.25) is 4.79 Å². The van der Waals surface area contributed by atoms with Crippen LogP contribution in [0.1, 0.15) is 36.5 Å². The van der Waals surface area contributed by atoms with E-state index in [1.54, 1.807) is 12.1 Å². The molecule has 27 heavy (non-hydrogen) atoms. The van der Waals surface area contributed by atoms with Crippen LogP contribution >= 0.6 is 0 Å². The van der Waals surface area contributed by atoms with Gasteiger partial charge in [0.05, 0.1) is 6.21 Å². The van der Waals surface area contributed by atoms with Crippen LogP contribution in [0.2, 0.25) is 0 Å². The summed E-state index contributed by atoms with van der Waals surface area (Å²) in [5, 5.41) is 3.83.